The predicted molar refractivity (Wildman–Crippen MR) is 71.1 cm³/mol. The smallest absolute Gasteiger partial charge is 0.236 e. The van der Waals surface area contributed by atoms with E-state index in [1.165, 1.54) is 5.56 Å². The van der Waals surface area contributed by atoms with Crippen LogP contribution in [0.4, 0.5) is 0 Å². The molecule has 3 atom stereocenters. The molecule has 1 aromatic carbocycles. The zero-order chi connectivity index (χ0) is 11.5. The molecule has 0 saturated heterocycles. The van der Waals surface area contributed by atoms with E-state index in [0.717, 1.165) is 12.8 Å². The Morgan fingerprint density at radius 2 is 2.12 bits per heavy atom. The van der Waals surface area contributed by atoms with Gasteiger partial charge >= 0.3 is 0 Å². The first-order valence-corrected chi connectivity index (χ1v) is 5.76. The first-order chi connectivity index (χ1) is 7.66. The van der Waals surface area contributed by atoms with E-state index in [1.54, 1.807) is 6.92 Å². The molecule has 0 radical (unpaired) electrons. The maximum Gasteiger partial charge on any atom is 0.236 e. The Morgan fingerprint density at radius 3 is 2.71 bits per heavy atom. The molecule has 1 aromatic rings. The monoisotopic (exact) mass is 254 g/mol. The van der Waals surface area contributed by atoms with Gasteiger partial charge in [0.2, 0.25) is 5.91 Å². The number of carbonyl (C=O) groups excluding carboxylic acids is 1. The molecule has 1 aliphatic carbocycles. The zero-order valence-electron chi connectivity index (χ0n) is 9.93. The molecule has 94 valence electrons. The van der Waals surface area contributed by atoms with Gasteiger partial charge in [0, 0.05) is 6.04 Å². The lowest BCUT2D eigenvalue weighted by atomic mass is 10.1. The molecule has 3 nitrogen and oxygen atoms in total. The Kier molecular flexibility index (Phi) is 4.97. The summed E-state index contributed by atoms with van der Waals surface area (Å²) in [4.78, 5) is 11.4. The average molecular weight is 255 g/mol. The van der Waals surface area contributed by atoms with Crippen molar-refractivity contribution >= 4 is 18.3 Å². The highest BCUT2D eigenvalue weighted by atomic mass is 35.5. The number of rotatable bonds is 4. The van der Waals surface area contributed by atoms with Gasteiger partial charge in [-0.25, -0.2) is 0 Å². The van der Waals surface area contributed by atoms with E-state index in [9.17, 15) is 4.79 Å². The summed E-state index contributed by atoms with van der Waals surface area (Å²) in [5, 5.41) is 2.96. The third-order valence-corrected chi connectivity index (χ3v) is 3.00. The van der Waals surface area contributed by atoms with E-state index in [0.29, 0.717) is 12.0 Å². The van der Waals surface area contributed by atoms with Crippen LogP contribution in [-0.4, -0.2) is 18.0 Å². The minimum Gasteiger partial charge on any atom is -0.352 e. The van der Waals surface area contributed by atoms with Gasteiger partial charge in [-0.3, -0.25) is 4.79 Å². The molecule has 0 aromatic heterocycles. The summed E-state index contributed by atoms with van der Waals surface area (Å²) in [7, 11) is 0. The van der Waals surface area contributed by atoms with Gasteiger partial charge in [-0.15, -0.1) is 12.4 Å². The number of hydrogen-bond donors (Lipinski definition) is 2. The lowest BCUT2D eigenvalue weighted by Gasteiger charge is -2.07. The van der Waals surface area contributed by atoms with Gasteiger partial charge < -0.3 is 11.1 Å². The maximum atomic E-state index is 11.4. The van der Waals surface area contributed by atoms with Gasteiger partial charge in [0.15, 0.2) is 0 Å². The van der Waals surface area contributed by atoms with Crippen LogP contribution in [0.25, 0.3) is 0 Å². The molecule has 0 aliphatic heterocycles. The normalized spacial score (nSPS) is 23.4. The van der Waals surface area contributed by atoms with E-state index in [1.807, 2.05) is 18.2 Å². The van der Waals surface area contributed by atoms with Crippen LogP contribution >= 0.6 is 12.4 Å². The molecule has 3 N–H and O–H groups in total. The highest BCUT2D eigenvalue weighted by Crippen LogP contribution is 2.33. The van der Waals surface area contributed by atoms with Crippen molar-refractivity contribution in [3.8, 4) is 0 Å². The third kappa shape index (κ3) is 4.02. The number of benzene rings is 1. The summed E-state index contributed by atoms with van der Waals surface area (Å²) < 4.78 is 0. The van der Waals surface area contributed by atoms with Gasteiger partial charge in [0.1, 0.15) is 0 Å². The van der Waals surface area contributed by atoms with Gasteiger partial charge in [0.25, 0.3) is 0 Å². The minimum absolute atomic E-state index is 0. The quantitative estimate of drug-likeness (QED) is 0.856. The zero-order valence-corrected chi connectivity index (χ0v) is 10.7. The van der Waals surface area contributed by atoms with Crippen LogP contribution < -0.4 is 11.1 Å². The Balaban J connectivity index is 0.00000144. The van der Waals surface area contributed by atoms with E-state index < -0.39 is 6.04 Å². The molecular weight excluding hydrogens is 236 g/mol. The summed E-state index contributed by atoms with van der Waals surface area (Å²) in [6.45, 7) is 1.71. The number of nitrogens with one attached hydrogen (secondary N) is 1. The predicted octanol–water partition coefficient (Wildman–Crippen LogP) is 1.50. The number of nitrogens with two attached hydrogens (primary N) is 1. The Hall–Kier alpha value is -1.06. The number of halogens is 1. The van der Waals surface area contributed by atoms with Crippen LogP contribution in [0.3, 0.4) is 0 Å². The second-order valence-electron chi connectivity index (χ2n) is 4.59. The molecule has 1 aliphatic rings. The van der Waals surface area contributed by atoms with Crippen molar-refractivity contribution in [2.75, 3.05) is 0 Å². The fraction of sp³-hybridized carbons (Fsp3) is 0.462. The molecule has 4 heteroatoms. The topological polar surface area (TPSA) is 55.1 Å². The Labute approximate surface area is 108 Å². The van der Waals surface area contributed by atoms with E-state index in [4.69, 9.17) is 5.73 Å². The molecule has 0 spiro atoms. The molecule has 1 amide bonds. The summed E-state index contributed by atoms with van der Waals surface area (Å²) in [6.07, 6.45) is 2.12. The Bertz CT molecular complexity index is 367. The molecule has 2 rings (SSSR count). The van der Waals surface area contributed by atoms with Crippen molar-refractivity contribution in [1.29, 1.82) is 0 Å². The van der Waals surface area contributed by atoms with E-state index in [-0.39, 0.29) is 18.3 Å². The summed E-state index contributed by atoms with van der Waals surface area (Å²) in [5.74, 6) is 0.547. The molecule has 1 saturated carbocycles. The summed E-state index contributed by atoms with van der Waals surface area (Å²) in [5.41, 5.74) is 6.84. The first-order valence-electron chi connectivity index (χ1n) is 5.76. The fourth-order valence-electron chi connectivity index (χ4n) is 1.88. The standard InChI is InChI=1S/C13H18N2O.ClH/c1-9(14)13(16)15-12-8-11(12)7-10-5-3-2-4-6-10;/h2-6,9,11-12H,7-8,14H2,1H3,(H,15,16);1H/t9-,11?,12?;/m1./s1. The van der Waals surface area contributed by atoms with Gasteiger partial charge in [0.05, 0.1) is 6.04 Å². The van der Waals surface area contributed by atoms with Crippen LogP contribution in [0.1, 0.15) is 18.9 Å². The lowest BCUT2D eigenvalue weighted by Crippen LogP contribution is -2.40. The molecule has 1 fully saturated rings. The summed E-state index contributed by atoms with van der Waals surface area (Å²) >= 11 is 0. The van der Waals surface area contributed by atoms with Crippen molar-refractivity contribution in [3.63, 3.8) is 0 Å². The summed E-state index contributed by atoms with van der Waals surface area (Å²) in [6, 6.07) is 10.3. The molecule has 0 bridgehead atoms. The van der Waals surface area contributed by atoms with Gasteiger partial charge in [-0.05, 0) is 31.2 Å². The second-order valence-corrected chi connectivity index (χ2v) is 4.59. The SMILES string of the molecule is C[C@@H](N)C(=O)NC1CC1Cc1ccccc1.Cl. The maximum absolute atomic E-state index is 11.4. The van der Waals surface area contributed by atoms with Crippen LogP contribution in [-0.2, 0) is 11.2 Å². The van der Waals surface area contributed by atoms with Gasteiger partial charge in [-0.1, -0.05) is 30.3 Å². The second kappa shape index (κ2) is 6.03. The largest absolute Gasteiger partial charge is 0.352 e. The van der Waals surface area contributed by atoms with Crippen molar-refractivity contribution < 1.29 is 4.79 Å². The highest BCUT2D eigenvalue weighted by Gasteiger charge is 2.38. The number of carbonyl (C=O) groups is 1. The number of hydrogen-bond acceptors (Lipinski definition) is 2. The van der Waals surface area contributed by atoms with Crippen molar-refractivity contribution in [2.24, 2.45) is 11.7 Å². The molecule has 17 heavy (non-hydrogen) atoms. The van der Waals surface area contributed by atoms with Gasteiger partial charge in [-0.2, -0.15) is 0 Å². The minimum atomic E-state index is -0.405. The van der Waals surface area contributed by atoms with Crippen molar-refractivity contribution in [3.05, 3.63) is 35.9 Å². The van der Waals surface area contributed by atoms with E-state index >= 15 is 0 Å². The lowest BCUT2D eigenvalue weighted by molar-refractivity contribution is -0.122. The van der Waals surface area contributed by atoms with Crippen LogP contribution in [0, 0.1) is 5.92 Å². The Morgan fingerprint density at radius 1 is 1.47 bits per heavy atom. The fourth-order valence-corrected chi connectivity index (χ4v) is 1.88. The van der Waals surface area contributed by atoms with Crippen molar-refractivity contribution in [2.45, 2.75) is 31.8 Å². The van der Waals surface area contributed by atoms with Crippen LogP contribution in [0.5, 0.6) is 0 Å². The van der Waals surface area contributed by atoms with Crippen LogP contribution in [0.2, 0.25) is 0 Å². The average Bonchev–Trinajstić information content (AvgIpc) is 2.97. The highest BCUT2D eigenvalue weighted by molar-refractivity contribution is 5.85. The van der Waals surface area contributed by atoms with Crippen molar-refractivity contribution in [1.82, 2.24) is 5.32 Å². The van der Waals surface area contributed by atoms with E-state index in [2.05, 4.69) is 17.4 Å². The van der Waals surface area contributed by atoms with Crippen LogP contribution in [0.15, 0.2) is 30.3 Å². The third-order valence-electron chi connectivity index (χ3n) is 3.00. The first kappa shape index (κ1) is 14.0. The molecule has 2 unspecified atom stereocenters. The number of amides is 1. The molecular formula is C13H19ClN2O. The molecule has 0 heterocycles.